The number of nitrogens with zero attached hydrogens (tertiary/aromatic N) is 2. The Balaban J connectivity index is 1.94. The number of aromatic amines is 1. The Labute approximate surface area is 173 Å². The van der Waals surface area contributed by atoms with Crippen LogP contribution in [0.2, 0.25) is 0 Å². The van der Waals surface area contributed by atoms with E-state index in [0.29, 0.717) is 11.5 Å². The van der Waals surface area contributed by atoms with Crippen LogP contribution in [0.1, 0.15) is 21.6 Å². The van der Waals surface area contributed by atoms with Crippen LogP contribution in [0.25, 0.3) is 0 Å². The largest absolute Gasteiger partial charge is 0.497 e. The summed E-state index contributed by atoms with van der Waals surface area (Å²) in [6.45, 7) is 0.138. The van der Waals surface area contributed by atoms with Crippen LogP contribution in [0.5, 0.6) is 11.5 Å². The molecule has 0 aliphatic rings. The van der Waals surface area contributed by atoms with Crippen molar-refractivity contribution >= 4 is 16.0 Å². The molecular formula is C20H21N3O6S. The lowest BCUT2D eigenvalue weighted by Crippen LogP contribution is -2.30. The minimum absolute atomic E-state index is 0.0692. The van der Waals surface area contributed by atoms with Gasteiger partial charge in [0.2, 0.25) is 0 Å². The van der Waals surface area contributed by atoms with Crippen LogP contribution in [-0.4, -0.2) is 48.2 Å². The van der Waals surface area contributed by atoms with Crippen LogP contribution in [0.15, 0.2) is 59.6 Å². The molecule has 0 radical (unpaired) electrons. The zero-order chi connectivity index (χ0) is 21.7. The first-order valence-corrected chi connectivity index (χ1v) is 10.3. The predicted molar refractivity (Wildman–Crippen MR) is 108 cm³/mol. The van der Waals surface area contributed by atoms with Gasteiger partial charge in [-0.1, -0.05) is 24.3 Å². The first-order valence-electron chi connectivity index (χ1n) is 8.88. The summed E-state index contributed by atoms with van der Waals surface area (Å²) >= 11 is 0. The van der Waals surface area contributed by atoms with Gasteiger partial charge in [0.15, 0.2) is 10.7 Å². The van der Waals surface area contributed by atoms with Crippen molar-refractivity contribution in [3.63, 3.8) is 0 Å². The van der Waals surface area contributed by atoms with Crippen molar-refractivity contribution in [1.29, 1.82) is 0 Å². The Morgan fingerprint density at radius 1 is 0.967 bits per heavy atom. The summed E-state index contributed by atoms with van der Waals surface area (Å²) in [4.78, 5) is 11.1. The van der Waals surface area contributed by atoms with Crippen LogP contribution < -0.4 is 9.47 Å². The molecule has 0 unspecified atom stereocenters. The molecule has 30 heavy (non-hydrogen) atoms. The van der Waals surface area contributed by atoms with E-state index in [4.69, 9.17) is 14.6 Å². The predicted octanol–water partition coefficient (Wildman–Crippen LogP) is 2.52. The number of aromatic carboxylic acids is 1. The van der Waals surface area contributed by atoms with Gasteiger partial charge >= 0.3 is 5.97 Å². The summed E-state index contributed by atoms with van der Waals surface area (Å²) in [6, 6.07) is 15.1. The van der Waals surface area contributed by atoms with E-state index in [1.54, 1.807) is 62.8 Å². The highest BCUT2D eigenvalue weighted by Crippen LogP contribution is 2.22. The molecule has 1 aromatic heterocycles. The Bertz CT molecular complexity index is 1060. The van der Waals surface area contributed by atoms with Crippen LogP contribution in [0.3, 0.4) is 0 Å². The third-order valence-corrected chi connectivity index (χ3v) is 6.13. The topological polar surface area (TPSA) is 122 Å². The highest BCUT2D eigenvalue weighted by molar-refractivity contribution is 7.89. The molecule has 158 valence electrons. The maximum atomic E-state index is 13.2. The number of sulfonamides is 1. The van der Waals surface area contributed by atoms with E-state index >= 15 is 0 Å². The number of hydrogen-bond donors (Lipinski definition) is 2. The molecule has 9 nitrogen and oxygen atoms in total. The zero-order valence-electron chi connectivity index (χ0n) is 16.4. The lowest BCUT2D eigenvalue weighted by Gasteiger charge is -2.22. The van der Waals surface area contributed by atoms with Gasteiger partial charge in [0.1, 0.15) is 11.5 Å². The molecule has 0 aliphatic heterocycles. The molecule has 0 bridgehead atoms. The van der Waals surface area contributed by atoms with Gasteiger partial charge < -0.3 is 14.6 Å². The van der Waals surface area contributed by atoms with Crippen LogP contribution >= 0.6 is 0 Å². The fourth-order valence-electron chi connectivity index (χ4n) is 2.78. The second kappa shape index (κ2) is 8.97. The standard InChI is InChI=1S/C20H21N3O6S/c1-28-16-7-3-14(4-8-16)12-23(13-15-5-9-17(29-2)10-6-15)30(26,27)19-11-18(20(24)25)21-22-19/h3-11H,12-13H2,1-2H3,(H,21,22)(H,24,25). The Morgan fingerprint density at radius 3 is 1.80 bits per heavy atom. The first kappa shape index (κ1) is 21.3. The third-order valence-electron chi connectivity index (χ3n) is 4.43. The first-order chi connectivity index (χ1) is 14.3. The van der Waals surface area contributed by atoms with Gasteiger partial charge in [0.25, 0.3) is 10.0 Å². The number of H-pyrrole nitrogens is 1. The van der Waals surface area contributed by atoms with Crippen molar-refractivity contribution in [2.24, 2.45) is 0 Å². The lowest BCUT2D eigenvalue weighted by atomic mass is 10.2. The highest BCUT2D eigenvalue weighted by atomic mass is 32.2. The monoisotopic (exact) mass is 431 g/mol. The summed E-state index contributed by atoms with van der Waals surface area (Å²) < 4.78 is 38.0. The Morgan fingerprint density at radius 2 is 1.43 bits per heavy atom. The summed E-state index contributed by atoms with van der Waals surface area (Å²) in [5.74, 6) is -0.00415. The van der Waals surface area contributed by atoms with Gasteiger partial charge in [-0.25, -0.2) is 13.2 Å². The van der Waals surface area contributed by atoms with Crippen molar-refractivity contribution in [1.82, 2.24) is 14.5 Å². The van der Waals surface area contributed by atoms with Crippen molar-refractivity contribution in [2.45, 2.75) is 18.1 Å². The molecule has 0 fully saturated rings. The molecule has 0 saturated heterocycles. The minimum Gasteiger partial charge on any atom is -0.497 e. The highest BCUT2D eigenvalue weighted by Gasteiger charge is 2.28. The summed E-state index contributed by atoms with van der Waals surface area (Å²) in [5.41, 5.74) is 1.11. The number of carboxylic acid groups (broad SMARTS) is 1. The molecule has 0 saturated carbocycles. The maximum Gasteiger partial charge on any atom is 0.356 e. The average molecular weight is 431 g/mol. The molecule has 2 aromatic carbocycles. The van der Waals surface area contributed by atoms with Gasteiger partial charge in [-0.2, -0.15) is 9.40 Å². The number of carboxylic acids is 1. The number of hydrogen-bond acceptors (Lipinski definition) is 6. The quantitative estimate of drug-likeness (QED) is 0.534. The average Bonchev–Trinajstić information content (AvgIpc) is 3.26. The van der Waals surface area contributed by atoms with Gasteiger partial charge in [-0.15, -0.1) is 0 Å². The fourth-order valence-corrected chi connectivity index (χ4v) is 4.12. The lowest BCUT2D eigenvalue weighted by molar-refractivity contribution is 0.0690. The number of benzene rings is 2. The smallest absolute Gasteiger partial charge is 0.356 e. The summed E-state index contributed by atoms with van der Waals surface area (Å²) in [7, 11) is -0.953. The molecule has 0 atom stereocenters. The molecule has 1 heterocycles. The van der Waals surface area contributed by atoms with E-state index in [0.717, 1.165) is 17.2 Å². The van der Waals surface area contributed by atoms with E-state index in [9.17, 15) is 13.2 Å². The number of methoxy groups -OCH3 is 2. The number of aromatic nitrogens is 2. The number of nitrogens with one attached hydrogen (secondary N) is 1. The number of carbonyl (C=O) groups is 1. The van der Waals surface area contributed by atoms with E-state index < -0.39 is 16.0 Å². The molecule has 0 amide bonds. The fraction of sp³-hybridized carbons (Fsp3) is 0.200. The molecule has 0 spiro atoms. The van der Waals surface area contributed by atoms with E-state index in [1.165, 1.54) is 4.31 Å². The van der Waals surface area contributed by atoms with Crippen LogP contribution in [0.4, 0.5) is 0 Å². The Kier molecular flexibility index (Phi) is 6.38. The molecule has 3 rings (SSSR count). The van der Waals surface area contributed by atoms with Crippen molar-refractivity contribution < 1.29 is 27.8 Å². The van der Waals surface area contributed by atoms with Crippen molar-refractivity contribution in [3.05, 3.63) is 71.4 Å². The van der Waals surface area contributed by atoms with Gasteiger partial charge in [0, 0.05) is 19.2 Å². The third kappa shape index (κ3) is 4.78. The van der Waals surface area contributed by atoms with Gasteiger partial charge in [-0.3, -0.25) is 5.10 Å². The number of ether oxygens (including phenoxy) is 2. The summed E-state index contributed by atoms with van der Waals surface area (Å²) in [6.07, 6.45) is 0. The molecule has 10 heteroatoms. The molecule has 0 aliphatic carbocycles. The SMILES string of the molecule is COc1ccc(CN(Cc2ccc(OC)cc2)S(=O)(=O)c2cc(C(=O)O)n[nH]2)cc1. The van der Waals surface area contributed by atoms with E-state index in [1.807, 2.05) is 0 Å². The molecule has 3 aromatic rings. The normalized spacial score (nSPS) is 11.4. The summed E-state index contributed by atoms with van der Waals surface area (Å²) in [5, 5.41) is 14.6. The van der Waals surface area contributed by atoms with Gasteiger partial charge in [0.05, 0.1) is 14.2 Å². The second-order valence-corrected chi connectivity index (χ2v) is 8.30. The number of rotatable bonds is 9. The maximum absolute atomic E-state index is 13.2. The van der Waals surface area contributed by atoms with Crippen molar-refractivity contribution in [3.8, 4) is 11.5 Å². The van der Waals surface area contributed by atoms with E-state index in [2.05, 4.69) is 10.2 Å². The van der Waals surface area contributed by atoms with Crippen molar-refractivity contribution in [2.75, 3.05) is 14.2 Å². The second-order valence-electron chi connectivity index (χ2n) is 6.39. The minimum atomic E-state index is -4.05. The van der Waals surface area contributed by atoms with E-state index in [-0.39, 0.29) is 23.8 Å². The Hall–Kier alpha value is -3.37. The zero-order valence-corrected chi connectivity index (χ0v) is 17.2. The van der Waals surface area contributed by atoms with Crippen LogP contribution in [0, 0.1) is 0 Å². The van der Waals surface area contributed by atoms with Crippen LogP contribution in [-0.2, 0) is 23.1 Å². The molecule has 2 N–H and O–H groups in total. The van der Waals surface area contributed by atoms with Gasteiger partial charge in [-0.05, 0) is 35.4 Å². The molecular weight excluding hydrogens is 410 g/mol.